The molecule has 2 aliphatic rings. The minimum Gasteiger partial charge on any atom is -0.486 e. The summed E-state index contributed by atoms with van der Waals surface area (Å²) in [6, 6.07) is 16.5. The Morgan fingerprint density at radius 2 is 1.81 bits per heavy atom. The standard InChI is InChI=1S/C25H24N2O3S/c26-12-21-22(20-7-8-23-24(11-20)29-10-9-28-23)16-31-25(21)30-15-19-5-3-18(4-6-19)14-27-13-17-1-2-17/h3-8,11,16-17,27H,1-2,9-10,13-15H2. The van der Waals surface area contributed by atoms with E-state index in [2.05, 4.69) is 35.7 Å². The molecule has 0 spiro atoms. The lowest BCUT2D eigenvalue weighted by Gasteiger charge is -2.18. The molecule has 1 aromatic heterocycles. The predicted molar refractivity (Wildman–Crippen MR) is 121 cm³/mol. The summed E-state index contributed by atoms with van der Waals surface area (Å²) >= 11 is 1.45. The van der Waals surface area contributed by atoms with Gasteiger partial charge in [0.05, 0.1) is 0 Å². The van der Waals surface area contributed by atoms with Crippen LogP contribution < -0.4 is 19.5 Å². The lowest BCUT2D eigenvalue weighted by molar-refractivity contribution is 0.171. The Morgan fingerprint density at radius 1 is 1.03 bits per heavy atom. The van der Waals surface area contributed by atoms with Crippen molar-refractivity contribution in [2.24, 2.45) is 5.92 Å². The van der Waals surface area contributed by atoms with Gasteiger partial charge < -0.3 is 19.5 Å². The van der Waals surface area contributed by atoms with Crippen molar-refractivity contribution >= 4 is 11.3 Å². The molecule has 6 heteroatoms. The Labute approximate surface area is 186 Å². The molecule has 0 amide bonds. The summed E-state index contributed by atoms with van der Waals surface area (Å²) in [4.78, 5) is 0. The Balaban J connectivity index is 1.24. The van der Waals surface area contributed by atoms with Gasteiger partial charge in [0.25, 0.3) is 0 Å². The number of benzene rings is 2. The van der Waals surface area contributed by atoms with Gasteiger partial charge in [-0.2, -0.15) is 5.26 Å². The lowest BCUT2D eigenvalue weighted by atomic mass is 10.0. The third-order valence-corrected chi connectivity index (χ3v) is 6.46. The fourth-order valence-electron chi connectivity index (χ4n) is 3.62. The maximum atomic E-state index is 9.76. The van der Waals surface area contributed by atoms with E-state index in [4.69, 9.17) is 14.2 Å². The molecule has 1 aliphatic carbocycles. The first-order valence-electron chi connectivity index (χ1n) is 10.6. The van der Waals surface area contributed by atoms with E-state index in [0.29, 0.717) is 36.2 Å². The molecule has 1 saturated carbocycles. The molecule has 1 fully saturated rings. The molecule has 5 rings (SSSR count). The summed E-state index contributed by atoms with van der Waals surface area (Å²) < 4.78 is 17.3. The van der Waals surface area contributed by atoms with Crippen LogP contribution in [0.1, 0.15) is 29.5 Å². The zero-order valence-corrected chi connectivity index (χ0v) is 18.0. The predicted octanol–water partition coefficient (Wildman–Crippen LogP) is 5.14. The first-order valence-corrected chi connectivity index (χ1v) is 11.5. The third-order valence-electron chi connectivity index (χ3n) is 5.57. The molecular weight excluding hydrogens is 408 g/mol. The van der Waals surface area contributed by atoms with E-state index in [1.807, 2.05) is 23.6 Å². The largest absolute Gasteiger partial charge is 0.486 e. The number of thiophene rings is 1. The molecule has 2 heterocycles. The molecule has 5 nitrogen and oxygen atoms in total. The van der Waals surface area contributed by atoms with Gasteiger partial charge in [-0.05, 0) is 54.1 Å². The molecule has 0 unspecified atom stereocenters. The number of nitriles is 1. The van der Waals surface area contributed by atoms with E-state index in [0.717, 1.165) is 41.4 Å². The van der Waals surface area contributed by atoms with Crippen molar-refractivity contribution in [2.45, 2.75) is 26.0 Å². The number of fused-ring (bicyclic) bond motifs is 1. The van der Waals surface area contributed by atoms with Crippen molar-refractivity contribution in [3.63, 3.8) is 0 Å². The van der Waals surface area contributed by atoms with E-state index in [-0.39, 0.29) is 0 Å². The van der Waals surface area contributed by atoms with Crippen molar-refractivity contribution in [3.8, 4) is 33.8 Å². The highest BCUT2D eigenvalue weighted by Crippen LogP contribution is 2.40. The lowest BCUT2D eigenvalue weighted by Crippen LogP contribution is -2.16. The van der Waals surface area contributed by atoms with Gasteiger partial charge in [0, 0.05) is 17.5 Å². The molecule has 3 aromatic rings. The molecular formula is C25H24N2O3S. The zero-order valence-electron chi connectivity index (χ0n) is 17.2. The second kappa shape index (κ2) is 9.01. The summed E-state index contributed by atoms with van der Waals surface area (Å²) in [7, 11) is 0. The second-order valence-electron chi connectivity index (χ2n) is 7.96. The number of nitrogens with one attached hydrogen (secondary N) is 1. The highest BCUT2D eigenvalue weighted by molar-refractivity contribution is 7.12. The minimum absolute atomic E-state index is 0.436. The van der Waals surface area contributed by atoms with Crippen molar-refractivity contribution in [1.82, 2.24) is 5.32 Å². The van der Waals surface area contributed by atoms with Crippen molar-refractivity contribution in [2.75, 3.05) is 19.8 Å². The molecule has 0 atom stereocenters. The maximum absolute atomic E-state index is 9.76. The molecule has 1 N–H and O–H groups in total. The molecule has 0 radical (unpaired) electrons. The number of ether oxygens (including phenoxy) is 3. The molecule has 31 heavy (non-hydrogen) atoms. The van der Waals surface area contributed by atoms with Crippen LogP contribution in [-0.2, 0) is 13.2 Å². The molecule has 0 bridgehead atoms. The van der Waals surface area contributed by atoms with Crippen molar-refractivity contribution < 1.29 is 14.2 Å². The minimum atomic E-state index is 0.436. The van der Waals surface area contributed by atoms with E-state index in [9.17, 15) is 5.26 Å². The Kier molecular flexibility index (Phi) is 5.79. The van der Waals surface area contributed by atoms with Crippen LogP contribution in [0.4, 0.5) is 0 Å². The van der Waals surface area contributed by atoms with Crippen LogP contribution in [0, 0.1) is 17.2 Å². The van der Waals surface area contributed by atoms with Crippen LogP contribution in [0.15, 0.2) is 47.8 Å². The summed E-state index contributed by atoms with van der Waals surface area (Å²) in [5, 5.41) is 15.9. The van der Waals surface area contributed by atoms with Crippen LogP contribution in [0.25, 0.3) is 11.1 Å². The van der Waals surface area contributed by atoms with Gasteiger partial charge in [-0.25, -0.2) is 0 Å². The van der Waals surface area contributed by atoms with Gasteiger partial charge in [-0.3, -0.25) is 0 Å². The number of hydrogen-bond donors (Lipinski definition) is 1. The SMILES string of the molecule is N#Cc1c(-c2ccc3c(c2)OCCO3)csc1OCc1ccc(CNCC2CC2)cc1. The monoisotopic (exact) mass is 432 g/mol. The van der Waals surface area contributed by atoms with Gasteiger partial charge in [-0.15, -0.1) is 11.3 Å². The summed E-state index contributed by atoms with van der Waals surface area (Å²) in [6.45, 7) is 3.55. The topological polar surface area (TPSA) is 63.5 Å². The first-order chi connectivity index (χ1) is 15.3. The average molecular weight is 433 g/mol. The molecule has 2 aromatic carbocycles. The number of rotatable bonds is 8. The van der Waals surface area contributed by atoms with Gasteiger partial charge in [0.1, 0.15) is 31.5 Å². The van der Waals surface area contributed by atoms with Crippen LogP contribution in [0.3, 0.4) is 0 Å². The van der Waals surface area contributed by atoms with Gasteiger partial charge in [-0.1, -0.05) is 30.3 Å². The van der Waals surface area contributed by atoms with Crippen molar-refractivity contribution in [1.29, 1.82) is 5.26 Å². The smallest absolute Gasteiger partial charge is 0.192 e. The highest BCUT2D eigenvalue weighted by Gasteiger charge is 2.20. The fourth-order valence-corrected chi connectivity index (χ4v) is 4.50. The first kappa shape index (κ1) is 19.9. The molecule has 0 saturated heterocycles. The maximum Gasteiger partial charge on any atom is 0.192 e. The molecule has 158 valence electrons. The Morgan fingerprint density at radius 3 is 2.58 bits per heavy atom. The van der Waals surface area contributed by atoms with Crippen LogP contribution in [-0.4, -0.2) is 19.8 Å². The molecule has 1 aliphatic heterocycles. The quantitative estimate of drug-likeness (QED) is 0.534. The summed E-state index contributed by atoms with van der Waals surface area (Å²) in [6.07, 6.45) is 2.74. The second-order valence-corrected chi connectivity index (χ2v) is 8.80. The number of hydrogen-bond acceptors (Lipinski definition) is 6. The normalized spacial score (nSPS) is 14.8. The number of nitrogens with zero attached hydrogens (tertiary/aromatic N) is 1. The van der Waals surface area contributed by atoms with Crippen LogP contribution in [0.5, 0.6) is 16.6 Å². The van der Waals surface area contributed by atoms with Crippen LogP contribution in [0.2, 0.25) is 0 Å². The summed E-state index contributed by atoms with van der Waals surface area (Å²) in [5.41, 5.74) is 4.71. The third kappa shape index (κ3) is 4.68. The highest BCUT2D eigenvalue weighted by atomic mass is 32.1. The average Bonchev–Trinajstić information content (AvgIpc) is 3.55. The van der Waals surface area contributed by atoms with Gasteiger partial charge >= 0.3 is 0 Å². The van der Waals surface area contributed by atoms with E-state index in [1.165, 1.54) is 29.7 Å². The van der Waals surface area contributed by atoms with E-state index < -0.39 is 0 Å². The zero-order chi connectivity index (χ0) is 21.0. The van der Waals surface area contributed by atoms with Gasteiger partial charge in [0.2, 0.25) is 0 Å². The summed E-state index contributed by atoms with van der Waals surface area (Å²) in [5.74, 6) is 2.35. The Bertz CT molecular complexity index is 1100. The van der Waals surface area contributed by atoms with Crippen LogP contribution >= 0.6 is 11.3 Å². The van der Waals surface area contributed by atoms with E-state index in [1.54, 1.807) is 0 Å². The van der Waals surface area contributed by atoms with Crippen molar-refractivity contribution in [3.05, 3.63) is 64.5 Å². The Hall–Kier alpha value is -3.01. The van der Waals surface area contributed by atoms with E-state index >= 15 is 0 Å². The fraction of sp³-hybridized carbons (Fsp3) is 0.320. The van der Waals surface area contributed by atoms with Gasteiger partial charge in [0.15, 0.2) is 16.6 Å².